The molecule has 2 aromatic rings. The zero-order valence-corrected chi connectivity index (χ0v) is 18.4. The van der Waals surface area contributed by atoms with Crippen LogP contribution >= 0.6 is 0 Å². The van der Waals surface area contributed by atoms with Gasteiger partial charge in [0, 0.05) is 38.4 Å². The Labute approximate surface area is 189 Å². The standard InChI is InChI=1S/C25H32N4O3/c30-24(21-10-7-13-29(18-21)25(31)26-22-11-5-2-6-12-22)27-23(20-8-3-1-4-9-20)19-28-14-16-32-17-15-28/h1-6,8-9,11-12,21,23H,7,10,13-19H2,(H,26,31)(H,27,30). The highest BCUT2D eigenvalue weighted by Crippen LogP contribution is 2.21. The predicted molar refractivity (Wildman–Crippen MR) is 124 cm³/mol. The van der Waals surface area contributed by atoms with Gasteiger partial charge in [0.05, 0.1) is 25.2 Å². The summed E-state index contributed by atoms with van der Waals surface area (Å²) in [5, 5.41) is 6.21. The zero-order chi connectivity index (χ0) is 22.2. The second kappa shape index (κ2) is 11.1. The number of carbonyl (C=O) groups is 2. The first-order valence-electron chi connectivity index (χ1n) is 11.5. The molecule has 0 saturated carbocycles. The molecule has 2 heterocycles. The van der Waals surface area contributed by atoms with Crippen molar-refractivity contribution in [3.05, 3.63) is 66.2 Å². The number of likely N-dealkylation sites (tertiary alicyclic amines) is 1. The lowest BCUT2D eigenvalue weighted by atomic mass is 9.96. The lowest BCUT2D eigenvalue weighted by Gasteiger charge is -2.34. The fraction of sp³-hybridized carbons (Fsp3) is 0.440. The van der Waals surface area contributed by atoms with Crippen LogP contribution in [0.5, 0.6) is 0 Å². The summed E-state index contributed by atoms with van der Waals surface area (Å²) < 4.78 is 5.47. The summed E-state index contributed by atoms with van der Waals surface area (Å²) >= 11 is 0. The van der Waals surface area contributed by atoms with E-state index in [1.54, 1.807) is 4.90 Å². The number of hydrogen-bond acceptors (Lipinski definition) is 4. The molecule has 0 radical (unpaired) electrons. The van der Waals surface area contributed by atoms with Crippen LogP contribution in [0.4, 0.5) is 10.5 Å². The Kier molecular flexibility index (Phi) is 7.74. The number of para-hydroxylation sites is 1. The van der Waals surface area contributed by atoms with Crippen molar-refractivity contribution in [3.63, 3.8) is 0 Å². The van der Waals surface area contributed by atoms with Crippen molar-refractivity contribution in [3.8, 4) is 0 Å². The van der Waals surface area contributed by atoms with Gasteiger partial charge in [-0.1, -0.05) is 48.5 Å². The molecule has 2 atom stereocenters. The quantitative estimate of drug-likeness (QED) is 0.730. The Morgan fingerprint density at radius 2 is 1.66 bits per heavy atom. The van der Waals surface area contributed by atoms with E-state index in [-0.39, 0.29) is 23.9 Å². The van der Waals surface area contributed by atoms with Gasteiger partial charge in [0.1, 0.15) is 0 Å². The molecule has 4 rings (SSSR count). The van der Waals surface area contributed by atoms with E-state index < -0.39 is 0 Å². The summed E-state index contributed by atoms with van der Waals surface area (Å²) in [5.74, 6) is -0.189. The minimum atomic E-state index is -0.207. The molecule has 0 spiro atoms. The highest BCUT2D eigenvalue weighted by molar-refractivity contribution is 5.90. The van der Waals surface area contributed by atoms with E-state index in [0.717, 1.165) is 56.9 Å². The molecule has 2 fully saturated rings. The van der Waals surface area contributed by atoms with E-state index in [1.807, 2.05) is 48.5 Å². The summed E-state index contributed by atoms with van der Waals surface area (Å²) in [6.07, 6.45) is 1.61. The number of benzene rings is 2. The third-order valence-electron chi connectivity index (χ3n) is 6.17. The first kappa shape index (κ1) is 22.3. The minimum absolute atomic E-state index is 0.0179. The van der Waals surface area contributed by atoms with Gasteiger partial charge in [0.2, 0.25) is 5.91 Å². The number of nitrogens with zero attached hydrogens (tertiary/aromatic N) is 2. The van der Waals surface area contributed by atoms with Crippen molar-refractivity contribution in [1.29, 1.82) is 0 Å². The van der Waals surface area contributed by atoms with Gasteiger partial charge in [-0.05, 0) is 30.5 Å². The SMILES string of the molecule is O=C(NC(CN1CCOCC1)c1ccccc1)C1CCCN(C(=O)Nc2ccccc2)C1. The summed E-state index contributed by atoms with van der Waals surface area (Å²) in [6, 6.07) is 19.3. The van der Waals surface area contributed by atoms with Crippen molar-refractivity contribution >= 4 is 17.6 Å². The number of hydrogen-bond donors (Lipinski definition) is 2. The maximum absolute atomic E-state index is 13.2. The highest BCUT2D eigenvalue weighted by atomic mass is 16.5. The Morgan fingerprint density at radius 3 is 2.38 bits per heavy atom. The van der Waals surface area contributed by atoms with Crippen LogP contribution in [0.3, 0.4) is 0 Å². The molecule has 170 valence electrons. The first-order chi connectivity index (χ1) is 15.7. The molecule has 7 heteroatoms. The third kappa shape index (κ3) is 6.08. The first-order valence-corrected chi connectivity index (χ1v) is 11.5. The minimum Gasteiger partial charge on any atom is -0.379 e. The van der Waals surface area contributed by atoms with Crippen LogP contribution in [-0.2, 0) is 9.53 Å². The van der Waals surface area contributed by atoms with Gasteiger partial charge in [-0.25, -0.2) is 4.79 Å². The van der Waals surface area contributed by atoms with Crippen molar-refractivity contribution in [2.75, 3.05) is 51.3 Å². The molecular weight excluding hydrogens is 404 g/mol. The topological polar surface area (TPSA) is 73.9 Å². The molecule has 7 nitrogen and oxygen atoms in total. The van der Waals surface area contributed by atoms with E-state index in [4.69, 9.17) is 4.74 Å². The van der Waals surface area contributed by atoms with Crippen molar-refractivity contribution in [1.82, 2.24) is 15.1 Å². The van der Waals surface area contributed by atoms with Gasteiger partial charge in [-0.2, -0.15) is 0 Å². The maximum Gasteiger partial charge on any atom is 0.321 e. The molecule has 3 amide bonds. The van der Waals surface area contributed by atoms with Crippen LogP contribution in [0.25, 0.3) is 0 Å². The lowest BCUT2D eigenvalue weighted by molar-refractivity contribution is -0.127. The van der Waals surface area contributed by atoms with Crippen LogP contribution in [0.15, 0.2) is 60.7 Å². The van der Waals surface area contributed by atoms with Gasteiger partial charge in [-0.3, -0.25) is 9.69 Å². The summed E-state index contributed by atoms with van der Waals surface area (Å²) in [7, 11) is 0. The van der Waals surface area contributed by atoms with E-state index in [9.17, 15) is 9.59 Å². The molecule has 0 bridgehead atoms. The van der Waals surface area contributed by atoms with E-state index in [0.29, 0.717) is 13.1 Å². The van der Waals surface area contributed by atoms with Crippen LogP contribution < -0.4 is 10.6 Å². The largest absolute Gasteiger partial charge is 0.379 e. The Bertz CT molecular complexity index is 871. The molecule has 0 aliphatic carbocycles. The number of carbonyl (C=O) groups excluding carboxylic acids is 2. The van der Waals surface area contributed by atoms with E-state index in [1.165, 1.54) is 0 Å². The molecule has 2 aliphatic rings. The number of nitrogens with one attached hydrogen (secondary N) is 2. The number of urea groups is 1. The van der Waals surface area contributed by atoms with Gasteiger partial charge in [0.25, 0.3) is 0 Å². The average Bonchev–Trinajstić information content (AvgIpc) is 2.85. The van der Waals surface area contributed by atoms with Crippen molar-refractivity contribution in [2.45, 2.75) is 18.9 Å². The average molecular weight is 437 g/mol. The molecule has 0 aromatic heterocycles. The molecule has 2 N–H and O–H groups in total. The highest BCUT2D eigenvalue weighted by Gasteiger charge is 2.30. The van der Waals surface area contributed by atoms with Gasteiger partial charge >= 0.3 is 6.03 Å². The molecular formula is C25H32N4O3. The van der Waals surface area contributed by atoms with Crippen LogP contribution in [-0.4, -0.2) is 67.7 Å². The fourth-order valence-corrected chi connectivity index (χ4v) is 4.35. The number of amides is 3. The second-order valence-electron chi connectivity index (χ2n) is 8.47. The lowest BCUT2D eigenvalue weighted by Crippen LogP contribution is -2.49. The number of piperidine rings is 1. The third-order valence-corrected chi connectivity index (χ3v) is 6.17. The Morgan fingerprint density at radius 1 is 0.969 bits per heavy atom. The zero-order valence-electron chi connectivity index (χ0n) is 18.4. The summed E-state index contributed by atoms with van der Waals surface area (Å²) in [4.78, 5) is 30.0. The maximum atomic E-state index is 13.2. The number of rotatable bonds is 6. The van der Waals surface area contributed by atoms with Crippen LogP contribution in [0.2, 0.25) is 0 Å². The Hall–Kier alpha value is -2.90. The van der Waals surface area contributed by atoms with Crippen molar-refractivity contribution in [2.24, 2.45) is 5.92 Å². The van der Waals surface area contributed by atoms with Gasteiger partial charge in [-0.15, -0.1) is 0 Å². The Balaban J connectivity index is 1.38. The van der Waals surface area contributed by atoms with Crippen LogP contribution in [0, 0.1) is 5.92 Å². The predicted octanol–water partition coefficient (Wildman–Crippen LogP) is 3.12. The van der Waals surface area contributed by atoms with E-state index in [2.05, 4.69) is 27.7 Å². The van der Waals surface area contributed by atoms with E-state index >= 15 is 0 Å². The number of morpholine rings is 1. The smallest absolute Gasteiger partial charge is 0.321 e. The van der Waals surface area contributed by atoms with Crippen LogP contribution in [0.1, 0.15) is 24.4 Å². The van der Waals surface area contributed by atoms with Gasteiger partial charge < -0.3 is 20.3 Å². The monoisotopic (exact) mass is 436 g/mol. The second-order valence-corrected chi connectivity index (χ2v) is 8.47. The normalized spacial score (nSPS) is 20.4. The molecule has 2 aromatic carbocycles. The molecule has 2 unspecified atom stereocenters. The fourth-order valence-electron chi connectivity index (χ4n) is 4.35. The van der Waals surface area contributed by atoms with Crippen molar-refractivity contribution < 1.29 is 14.3 Å². The number of anilines is 1. The van der Waals surface area contributed by atoms with Gasteiger partial charge in [0.15, 0.2) is 0 Å². The molecule has 2 aliphatic heterocycles. The molecule has 32 heavy (non-hydrogen) atoms. The summed E-state index contributed by atoms with van der Waals surface area (Å²) in [6.45, 7) is 5.05. The number of ether oxygens (including phenoxy) is 1. The summed E-state index contributed by atoms with van der Waals surface area (Å²) in [5.41, 5.74) is 1.86. The molecule has 2 saturated heterocycles.